The van der Waals surface area contributed by atoms with Gasteiger partial charge < -0.3 is 4.90 Å². The lowest BCUT2D eigenvalue weighted by molar-refractivity contribution is 0.0557. The first-order valence-corrected chi connectivity index (χ1v) is 10.5. The molecule has 2 saturated heterocycles. The van der Waals surface area contributed by atoms with E-state index in [4.69, 9.17) is 5.26 Å². The van der Waals surface area contributed by atoms with Crippen molar-refractivity contribution in [2.24, 2.45) is 7.05 Å². The highest BCUT2D eigenvalue weighted by atomic mass is 16.2. The second kappa shape index (κ2) is 8.00. The molecule has 2 aliphatic heterocycles. The third kappa shape index (κ3) is 3.92. The highest BCUT2D eigenvalue weighted by Crippen LogP contribution is 2.39. The van der Waals surface area contributed by atoms with E-state index in [0.29, 0.717) is 11.1 Å². The number of aryl methyl sites for hydroxylation is 2. The molecule has 29 heavy (non-hydrogen) atoms. The van der Waals surface area contributed by atoms with Crippen molar-refractivity contribution in [1.82, 2.24) is 19.6 Å². The Morgan fingerprint density at radius 1 is 1.14 bits per heavy atom. The van der Waals surface area contributed by atoms with Gasteiger partial charge in [0.1, 0.15) is 0 Å². The topological polar surface area (TPSA) is 65.2 Å². The number of aromatic nitrogens is 2. The first kappa shape index (κ1) is 19.7. The number of hydrogen-bond donors (Lipinski definition) is 0. The summed E-state index contributed by atoms with van der Waals surface area (Å²) in [5.74, 6) is 0.114. The average molecular weight is 392 g/mol. The Hall–Kier alpha value is -2.65. The predicted molar refractivity (Wildman–Crippen MR) is 111 cm³/mol. The van der Waals surface area contributed by atoms with E-state index >= 15 is 0 Å². The summed E-state index contributed by atoms with van der Waals surface area (Å²) in [6.45, 7) is 5.84. The molecule has 1 atom stereocenters. The maximum absolute atomic E-state index is 13.3. The van der Waals surface area contributed by atoms with Crippen LogP contribution in [-0.2, 0) is 13.6 Å². The van der Waals surface area contributed by atoms with Crippen LogP contribution in [0, 0.1) is 18.3 Å². The third-order valence-corrected chi connectivity index (χ3v) is 6.60. The van der Waals surface area contributed by atoms with Crippen molar-refractivity contribution >= 4 is 5.91 Å². The molecule has 1 spiro atoms. The van der Waals surface area contributed by atoms with Gasteiger partial charge in [-0.05, 0) is 75.9 Å². The molecule has 0 bridgehead atoms. The standard InChI is InChI=1S/C23H29N5O/c1-18-15-21(26(2)25-18)17-27-12-3-9-23(11-14-27)10-4-13-28(23)22(29)20-7-5-19(16-24)6-8-20/h5-8,15H,3-4,9-14,17H2,1-2H3/t23-/m1/s1. The normalized spacial score (nSPS) is 22.6. The molecule has 0 radical (unpaired) electrons. The van der Waals surface area contributed by atoms with Gasteiger partial charge in [-0.25, -0.2) is 0 Å². The average Bonchev–Trinajstić information content (AvgIpc) is 3.20. The molecule has 0 N–H and O–H groups in total. The lowest BCUT2D eigenvalue weighted by Crippen LogP contribution is -2.47. The van der Waals surface area contributed by atoms with Crippen LogP contribution in [0.25, 0.3) is 0 Å². The summed E-state index contributed by atoms with van der Waals surface area (Å²) in [5, 5.41) is 13.5. The van der Waals surface area contributed by atoms with Gasteiger partial charge in [0.05, 0.1) is 23.0 Å². The Labute approximate surface area is 172 Å². The van der Waals surface area contributed by atoms with Gasteiger partial charge in [-0.15, -0.1) is 0 Å². The van der Waals surface area contributed by atoms with Gasteiger partial charge in [-0.1, -0.05) is 0 Å². The summed E-state index contributed by atoms with van der Waals surface area (Å²) in [4.78, 5) is 17.9. The highest BCUT2D eigenvalue weighted by molar-refractivity contribution is 5.95. The van der Waals surface area contributed by atoms with Crippen LogP contribution in [0.15, 0.2) is 30.3 Å². The predicted octanol–water partition coefficient (Wildman–Crippen LogP) is 3.26. The SMILES string of the molecule is Cc1cc(CN2CCC[C@@]3(CCCN3C(=O)c3ccc(C#N)cc3)CC2)n(C)n1. The smallest absolute Gasteiger partial charge is 0.254 e. The lowest BCUT2D eigenvalue weighted by atomic mass is 9.87. The molecule has 2 fully saturated rings. The minimum atomic E-state index is -0.0257. The van der Waals surface area contributed by atoms with Gasteiger partial charge in [-0.2, -0.15) is 10.4 Å². The fourth-order valence-electron chi connectivity index (χ4n) is 5.05. The van der Waals surface area contributed by atoms with Gasteiger partial charge in [0, 0.05) is 37.8 Å². The van der Waals surface area contributed by atoms with Crippen LogP contribution >= 0.6 is 0 Å². The molecule has 1 aromatic heterocycles. The maximum Gasteiger partial charge on any atom is 0.254 e. The van der Waals surface area contributed by atoms with Crippen LogP contribution in [0.5, 0.6) is 0 Å². The summed E-state index contributed by atoms with van der Waals surface area (Å²) in [7, 11) is 2.01. The van der Waals surface area contributed by atoms with Crippen molar-refractivity contribution in [3.63, 3.8) is 0 Å². The molecule has 152 valence electrons. The maximum atomic E-state index is 13.3. The zero-order valence-electron chi connectivity index (χ0n) is 17.4. The second-order valence-corrected chi connectivity index (χ2v) is 8.50. The fraction of sp³-hybridized carbons (Fsp3) is 0.522. The number of likely N-dealkylation sites (tertiary alicyclic amines) is 2. The molecule has 6 nitrogen and oxygen atoms in total. The van der Waals surface area contributed by atoms with Crippen LogP contribution in [-0.4, -0.2) is 50.7 Å². The van der Waals surface area contributed by atoms with E-state index in [9.17, 15) is 4.79 Å². The third-order valence-electron chi connectivity index (χ3n) is 6.60. The summed E-state index contributed by atoms with van der Waals surface area (Å²) in [5.41, 5.74) is 3.56. The van der Waals surface area contributed by atoms with Crippen LogP contribution in [0.3, 0.4) is 0 Å². The summed E-state index contributed by atoms with van der Waals surface area (Å²) < 4.78 is 1.98. The lowest BCUT2D eigenvalue weighted by Gasteiger charge is -2.38. The Bertz CT molecular complexity index is 926. The highest BCUT2D eigenvalue weighted by Gasteiger charge is 2.44. The number of rotatable bonds is 3. The van der Waals surface area contributed by atoms with Gasteiger partial charge in [0.25, 0.3) is 5.91 Å². The van der Waals surface area contributed by atoms with Gasteiger partial charge >= 0.3 is 0 Å². The van der Waals surface area contributed by atoms with E-state index in [0.717, 1.165) is 64.0 Å². The summed E-state index contributed by atoms with van der Waals surface area (Å²) in [6, 6.07) is 11.3. The zero-order chi connectivity index (χ0) is 20.4. The number of nitriles is 1. The monoisotopic (exact) mass is 391 g/mol. The fourth-order valence-corrected chi connectivity index (χ4v) is 5.05. The largest absolute Gasteiger partial charge is 0.333 e. The van der Waals surface area contributed by atoms with Crippen molar-refractivity contribution in [2.45, 2.75) is 51.1 Å². The molecular formula is C23H29N5O. The Balaban J connectivity index is 1.47. The van der Waals surface area contributed by atoms with Gasteiger partial charge in [0.2, 0.25) is 0 Å². The molecule has 4 rings (SSSR count). The first-order chi connectivity index (χ1) is 14.0. The molecule has 3 heterocycles. The van der Waals surface area contributed by atoms with E-state index in [2.05, 4.69) is 27.0 Å². The van der Waals surface area contributed by atoms with Crippen molar-refractivity contribution in [3.05, 3.63) is 52.8 Å². The summed E-state index contributed by atoms with van der Waals surface area (Å²) in [6.07, 6.45) is 5.35. The molecular weight excluding hydrogens is 362 g/mol. The molecule has 0 saturated carbocycles. The quantitative estimate of drug-likeness (QED) is 0.806. The van der Waals surface area contributed by atoms with E-state index in [1.54, 1.807) is 24.3 Å². The van der Waals surface area contributed by atoms with Crippen molar-refractivity contribution < 1.29 is 4.79 Å². The molecule has 0 unspecified atom stereocenters. The van der Waals surface area contributed by atoms with Gasteiger partial charge in [0.15, 0.2) is 0 Å². The minimum Gasteiger partial charge on any atom is -0.333 e. The van der Waals surface area contributed by atoms with E-state index in [1.807, 2.05) is 18.7 Å². The summed E-state index contributed by atoms with van der Waals surface area (Å²) >= 11 is 0. The van der Waals surface area contributed by atoms with Gasteiger partial charge in [-0.3, -0.25) is 14.4 Å². The Kier molecular flexibility index (Phi) is 5.42. The molecule has 6 heteroatoms. The number of nitrogens with zero attached hydrogens (tertiary/aromatic N) is 5. The minimum absolute atomic E-state index is 0.0257. The van der Waals surface area contributed by atoms with E-state index < -0.39 is 0 Å². The zero-order valence-corrected chi connectivity index (χ0v) is 17.4. The number of amides is 1. The van der Waals surface area contributed by atoms with Crippen LogP contribution in [0.2, 0.25) is 0 Å². The molecule has 1 aromatic carbocycles. The van der Waals surface area contributed by atoms with Crippen molar-refractivity contribution in [3.8, 4) is 6.07 Å². The first-order valence-electron chi connectivity index (χ1n) is 10.5. The van der Waals surface area contributed by atoms with Crippen LogP contribution in [0.4, 0.5) is 0 Å². The molecule has 0 aliphatic carbocycles. The van der Waals surface area contributed by atoms with E-state index in [-0.39, 0.29) is 11.4 Å². The number of benzene rings is 1. The van der Waals surface area contributed by atoms with Crippen LogP contribution < -0.4 is 0 Å². The van der Waals surface area contributed by atoms with Crippen LogP contribution in [0.1, 0.15) is 59.4 Å². The Morgan fingerprint density at radius 3 is 2.52 bits per heavy atom. The van der Waals surface area contributed by atoms with E-state index in [1.165, 1.54) is 5.69 Å². The molecule has 1 amide bonds. The van der Waals surface area contributed by atoms with Crippen molar-refractivity contribution in [1.29, 1.82) is 5.26 Å². The number of carbonyl (C=O) groups is 1. The second-order valence-electron chi connectivity index (χ2n) is 8.50. The molecule has 2 aromatic rings. The number of hydrogen-bond acceptors (Lipinski definition) is 4. The van der Waals surface area contributed by atoms with Crippen molar-refractivity contribution in [2.75, 3.05) is 19.6 Å². The number of carbonyl (C=O) groups excluding carboxylic acids is 1. The Morgan fingerprint density at radius 2 is 1.86 bits per heavy atom. The molecule has 2 aliphatic rings.